The summed E-state index contributed by atoms with van der Waals surface area (Å²) in [6.45, 7) is 9.26. The molecule has 3 heterocycles. The van der Waals surface area contributed by atoms with E-state index >= 15 is 0 Å². The third-order valence-electron chi connectivity index (χ3n) is 4.90. The second-order valence-corrected chi connectivity index (χ2v) is 8.39. The molecule has 1 aromatic carbocycles. The van der Waals surface area contributed by atoms with Crippen LogP contribution < -0.4 is 4.90 Å². The average molecular weight is 381 g/mol. The van der Waals surface area contributed by atoms with Crippen molar-refractivity contribution in [3.8, 4) is 0 Å². The van der Waals surface area contributed by atoms with E-state index < -0.39 is 0 Å². The van der Waals surface area contributed by atoms with Gasteiger partial charge in [-0.15, -0.1) is 11.3 Å². The van der Waals surface area contributed by atoms with Crippen LogP contribution in [-0.4, -0.2) is 47.0 Å². The Bertz CT molecular complexity index is 940. The number of piperazine rings is 1. The first-order valence-corrected chi connectivity index (χ1v) is 10.2. The molecule has 0 bridgehead atoms. The van der Waals surface area contributed by atoms with Crippen molar-refractivity contribution >= 4 is 33.1 Å². The van der Waals surface area contributed by atoms with Gasteiger partial charge >= 0.3 is 0 Å². The standard InChI is InChI=1S/C21H24N4OS/c1-14(2)20-22-15(3)12-19(23-20)24-8-10-25(11-9-24)21(26)18-13-16-6-4-5-7-17(16)27-18/h4-7,12-14H,8-11H2,1-3H3. The van der Waals surface area contributed by atoms with Gasteiger partial charge in [-0.05, 0) is 24.4 Å². The van der Waals surface area contributed by atoms with E-state index in [2.05, 4.69) is 35.9 Å². The minimum Gasteiger partial charge on any atom is -0.353 e. The van der Waals surface area contributed by atoms with Gasteiger partial charge in [-0.2, -0.15) is 0 Å². The molecule has 6 heteroatoms. The van der Waals surface area contributed by atoms with Crippen LogP contribution in [-0.2, 0) is 0 Å². The number of rotatable bonds is 3. The van der Waals surface area contributed by atoms with Gasteiger partial charge < -0.3 is 9.80 Å². The van der Waals surface area contributed by atoms with Gasteiger partial charge in [0, 0.05) is 48.6 Å². The molecular formula is C21H24N4OS. The lowest BCUT2D eigenvalue weighted by atomic mass is 10.2. The Morgan fingerprint density at radius 1 is 1.07 bits per heavy atom. The fourth-order valence-electron chi connectivity index (χ4n) is 3.38. The van der Waals surface area contributed by atoms with Crippen LogP contribution in [0.5, 0.6) is 0 Å². The molecule has 3 aromatic rings. The van der Waals surface area contributed by atoms with Crippen molar-refractivity contribution in [1.82, 2.24) is 14.9 Å². The van der Waals surface area contributed by atoms with E-state index in [-0.39, 0.29) is 5.91 Å². The molecule has 1 aliphatic rings. The Balaban J connectivity index is 1.46. The Labute approximate surface area is 163 Å². The topological polar surface area (TPSA) is 49.3 Å². The van der Waals surface area contributed by atoms with Crippen LogP contribution in [0.25, 0.3) is 10.1 Å². The van der Waals surface area contributed by atoms with Crippen LogP contribution in [0.2, 0.25) is 0 Å². The molecule has 1 amide bonds. The lowest BCUT2D eigenvalue weighted by Gasteiger charge is -2.35. The number of nitrogens with zero attached hydrogens (tertiary/aromatic N) is 4. The highest BCUT2D eigenvalue weighted by Gasteiger charge is 2.24. The maximum absolute atomic E-state index is 12.9. The van der Waals surface area contributed by atoms with Crippen LogP contribution in [0.15, 0.2) is 36.4 Å². The first kappa shape index (κ1) is 17.9. The smallest absolute Gasteiger partial charge is 0.264 e. The molecule has 0 atom stereocenters. The van der Waals surface area contributed by atoms with E-state index in [4.69, 9.17) is 4.98 Å². The van der Waals surface area contributed by atoms with Crippen molar-refractivity contribution in [2.24, 2.45) is 0 Å². The van der Waals surface area contributed by atoms with Gasteiger partial charge in [0.2, 0.25) is 0 Å². The predicted octanol–water partition coefficient (Wildman–Crippen LogP) is 4.09. The van der Waals surface area contributed by atoms with Gasteiger partial charge in [-0.1, -0.05) is 32.0 Å². The molecule has 2 aromatic heterocycles. The highest BCUT2D eigenvalue weighted by molar-refractivity contribution is 7.20. The van der Waals surface area contributed by atoms with Crippen molar-refractivity contribution in [3.63, 3.8) is 0 Å². The number of aryl methyl sites for hydroxylation is 1. The second-order valence-electron chi connectivity index (χ2n) is 7.31. The van der Waals surface area contributed by atoms with Crippen LogP contribution in [0.4, 0.5) is 5.82 Å². The summed E-state index contributed by atoms with van der Waals surface area (Å²) in [5, 5.41) is 1.14. The molecule has 140 valence electrons. The molecule has 0 spiro atoms. The number of carbonyl (C=O) groups is 1. The van der Waals surface area contributed by atoms with E-state index in [1.807, 2.05) is 36.1 Å². The van der Waals surface area contributed by atoms with E-state index in [0.717, 1.165) is 45.4 Å². The van der Waals surface area contributed by atoms with Crippen molar-refractivity contribution in [1.29, 1.82) is 0 Å². The van der Waals surface area contributed by atoms with Gasteiger partial charge in [0.1, 0.15) is 11.6 Å². The van der Waals surface area contributed by atoms with E-state index in [1.165, 1.54) is 0 Å². The lowest BCUT2D eigenvalue weighted by Crippen LogP contribution is -2.49. The number of hydrogen-bond acceptors (Lipinski definition) is 5. The minimum atomic E-state index is 0.137. The lowest BCUT2D eigenvalue weighted by molar-refractivity contribution is 0.0751. The van der Waals surface area contributed by atoms with Gasteiger partial charge in [-0.3, -0.25) is 4.79 Å². The summed E-state index contributed by atoms with van der Waals surface area (Å²) in [5.74, 6) is 2.30. The summed E-state index contributed by atoms with van der Waals surface area (Å²) < 4.78 is 1.16. The van der Waals surface area contributed by atoms with E-state index in [9.17, 15) is 4.79 Å². The summed E-state index contributed by atoms with van der Waals surface area (Å²) in [6, 6.07) is 12.2. The Morgan fingerprint density at radius 2 is 1.81 bits per heavy atom. The van der Waals surface area contributed by atoms with Crippen LogP contribution in [0, 0.1) is 6.92 Å². The average Bonchev–Trinajstić information content (AvgIpc) is 3.11. The maximum atomic E-state index is 12.9. The molecule has 1 aliphatic heterocycles. The van der Waals surface area contributed by atoms with E-state index in [0.29, 0.717) is 19.0 Å². The molecule has 5 nitrogen and oxygen atoms in total. The molecule has 0 radical (unpaired) electrons. The third kappa shape index (κ3) is 3.67. The number of fused-ring (bicyclic) bond motifs is 1. The van der Waals surface area contributed by atoms with Crippen LogP contribution in [0.3, 0.4) is 0 Å². The Kier molecular flexibility index (Phi) is 4.83. The van der Waals surface area contributed by atoms with Crippen molar-refractivity contribution in [2.45, 2.75) is 26.7 Å². The zero-order valence-electron chi connectivity index (χ0n) is 16.0. The number of aromatic nitrogens is 2. The highest BCUT2D eigenvalue weighted by Crippen LogP contribution is 2.27. The van der Waals surface area contributed by atoms with Gasteiger partial charge in [0.25, 0.3) is 5.91 Å². The number of benzene rings is 1. The molecular weight excluding hydrogens is 356 g/mol. The molecule has 1 fully saturated rings. The predicted molar refractivity (Wildman–Crippen MR) is 111 cm³/mol. The summed E-state index contributed by atoms with van der Waals surface area (Å²) in [4.78, 5) is 27.2. The quantitative estimate of drug-likeness (QED) is 0.687. The summed E-state index contributed by atoms with van der Waals surface area (Å²) in [6.07, 6.45) is 0. The molecule has 1 saturated heterocycles. The van der Waals surface area contributed by atoms with E-state index in [1.54, 1.807) is 11.3 Å². The summed E-state index contributed by atoms with van der Waals surface area (Å²) >= 11 is 1.58. The number of amides is 1. The first-order valence-electron chi connectivity index (χ1n) is 9.39. The SMILES string of the molecule is Cc1cc(N2CCN(C(=O)c3cc4ccccc4s3)CC2)nc(C(C)C)n1. The molecule has 0 aliphatic carbocycles. The van der Waals surface area contributed by atoms with Gasteiger partial charge in [0.15, 0.2) is 0 Å². The Morgan fingerprint density at radius 3 is 2.52 bits per heavy atom. The van der Waals surface area contributed by atoms with Gasteiger partial charge in [-0.25, -0.2) is 9.97 Å². The second kappa shape index (κ2) is 7.27. The summed E-state index contributed by atoms with van der Waals surface area (Å²) in [5.41, 5.74) is 0.993. The van der Waals surface area contributed by atoms with Crippen molar-refractivity contribution in [3.05, 3.63) is 52.8 Å². The molecule has 27 heavy (non-hydrogen) atoms. The third-order valence-corrected chi connectivity index (χ3v) is 6.01. The van der Waals surface area contributed by atoms with Crippen molar-refractivity contribution in [2.75, 3.05) is 31.1 Å². The van der Waals surface area contributed by atoms with Crippen LogP contribution in [0.1, 0.15) is 41.0 Å². The highest BCUT2D eigenvalue weighted by atomic mass is 32.1. The number of thiophene rings is 1. The zero-order valence-corrected chi connectivity index (χ0v) is 16.8. The van der Waals surface area contributed by atoms with Crippen molar-refractivity contribution < 1.29 is 4.79 Å². The maximum Gasteiger partial charge on any atom is 0.264 e. The minimum absolute atomic E-state index is 0.137. The molecule has 0 unspecified atom stereocenters. The van der Waals surface area contributed by atoms with Crippen LogP contribution >= 0.6 is 11.3 Å². The summed E-state index contributed by atoms with van der Waals surface area (Å²) in [7, 11) is 0. The number of anilines is 1. The monoisotopic (exact) mass is 380 g/mol. The molecule has 4 rings (SSSR count). The van der Waals surface area contributed by atoms with Gasteiger partial charge in [0.05, 0.1) is 4.88 Å². The largest absolute Gasteiger partial charge is 0.353 e. The Hall–Kier alpha value is -2.47. The normalized spacial score (nSPS) is 15.0. The molecule has 0 N–H and O–H groups in total. The first-order chi connectivity index (χ1) is 13.0. The fraction of sp³-hybridized carbons (Fsp3) is 0.381. The fourth-order valence-corrected chi connectivity index (χ4v) is 4.41. The molecule has 0 saturated carbocycles. The number of carbonyl (C=O) groups excluding carboxylic acids is 1. The zero-order chi connectivity index (χ0) is 19.0. The number of hydrogen-bond donors (Lipinski definition) is 0.